The fourth-order valence-electron chi connectivity index (χ4n) is 3.60. The number of benzene rings is 2. The molecule has 0 radical (unpaired) electrons. The van der Waals surface area contributed by atoms with Gasteiger partial charge in [0, 0.05) is 18.7 Å². The van der Waals surface area contributed by atoms with Gasteiger partial charge in [0.2, 0.25) is 5.91 Å². The average Bonchev–Trinajstić information content (AvgIpc) is 2.61. The lowest BCUT2D eigenvalue weighted by Gasteiger charge is -2.44. The number of carbonyl (C=O) groups excluding carboxylic acids is 2. The lowest BCUT2D eigenvalue weighted by Crippen LogP contribution is -2.55. The minimum atomic E-state index is -0.381. The fraction of sp³-hybridized carbons (Fsp3) is 0.263. The Morgan fingerprint density at radius 2 is 1.83 bits per heavy atom. The van der Waals surface area contributed by atoms with Crippen LogP contribution in [0.2, 0.25) is 0 Å². The van der Waals surface area contributed by atoms with Gasteiger partial charge in [0.25, 0.3) is 5.91 Å². The summed E-state index contributed by atoms with van der Waals surface area (Å²) in [4.78, 5) is 28.6. The van der Waals surface area contributed by atoms with E-state index in [0.717, 1.165) is 12.0 Å². The van der Waals surface area contributed by atoms with Crippen molar-refractivity contribution in [1.29, 1.82) is 0 Å². The maximum absolute atomic E-state index is 13.1. The molecule has 2 aliphatic rings. The molecule has 0 saturated carbocycles. The van der Waals surface area contributed by atoms with Crippen LogP contribution in [0, 0.1) is 5.82 Å². The third-order valence-corrected chi connectivity index (χ3v) is 4.83. The summed E-state index contributed by atoms with van der Waals surface area (Å²) in [6.45, 7) is 1.24. The maximum atomic E-state index is 13.1. The monoisotopic (exact) mass is 324 g/mol. The van der Waals surface area contributed by atoms with Crippen molar-refractivity contribution in [2.24, 2.45) is 0 Å². The summed E-state index contributed by atoms with van der Waals surface area (Å²) in [5.41, 5.74) is 2.76. The minimum absolute atomic E-state index is 0.0313. The number of hydrogen-bond donors (Lipinski definition) is 0. The van der Waals surface area contributed by atoms with Crippen molar-refractivity contribution in [3.05, 3.63) is 71.0 Å². The summed E-state index contributed by atoms with van der Waals surface area (Å²) >= 11 is 0. The van der Waals surface area contributed by atoms with Crippen molar-refractivity contribution in [3.8, 4) is 0 Å². The van der Waals surface area contributed by atoms with Crippen molar-refractivity contribution in [2.75, 3.05) is 19.6 Å². The van der Waals surface area contributed by atoms with Crippen LogP contribution in [0.15, 0.2) is 48.5 Å². The zero-order valence-electron chi connectivity index (χ0n) is 13.1. The van der Waals surface area contributed by atoms with E-state index in [0.29, 0.717) is 18.7 Å². The van der Waals surface area contributed by atoms with Crippen molar-refractivity contribution < 1.29 is 14.0 Å². The second kappa shape index (κ2) is 5.74. The van der Waals surface area contributed by atoms with Crippen LogP contribution in [0.3, 0.4) is 0 Å². The standard InChI is InChI=1S/C19H17FN2O2/c20-15-7-5-14(6-8-15)19(24)21-11-17-16-4-2-1-3-13(16)9-10-22(17)18(23)12-21/h1-8,17H,9-12H2/t17-/m0/s1. The first-order valence-electron chi connectivity index (χ1n) is 8.05. The number of fused-ring (bicyclic) bond motifs is 3. The molecule has 2 aromatic carbocycles. The lowest BCUT2D eigenvalue weighted by atomic mass is 9.90. The highest BCUT2D eigenvalue weighted by Crippen LogP contribution is 2.33. The van der Waals surface area contributed by atoms with E-state index in [1.54, 1.807) is 4.90 Å². The third kappa shape index (κ3) is 2.46. The third-order valence-electron chi connectivity index (χ3n) is 4.83. The number of amides is 2. The lowest BCUT2D eigenvalue weighted by molar-refractivity contribution is -0.139. The molecule has 5 heteroatoms. The van der Waals surface area contributed by atoms with Gasteiger partial charge in [-0.1, -0.05) is 24.3 Å². The molecular weight excluding hydrogens is 307 g/mol. The largest absolute Gasteiger partial charge is 0.332 e. The van der Waals surface area contributed by atoms with E-state index in [9.17, 15) is 14.0 Å². The summed E-state index contributed by atoms with van der Waals surface area (Å²) in [7, 11) is 0. The van der Waals surface area contributed by atoms with E-state index in [1.807, 2.05) is 23.1 Å². The smallest absolute Gasteiger partial charge is 0.254 e. The molecular formula is C19H17FN2O2. The van der Waals surface area contributed by atoms with Crippen LogP contribution in [0.4, 0.5) is 4.39 Å². The van der Waals surface area contributed by atoms with Crippen LogP contribution < -0.4 is 0 Å². The minimum Gasteiger partial charge on any atom is -0.332 e. The second-order valence-corrected chi connectivity index (χ2v) is 6.24. The Morgan fingerprint density at radius 1 is 1.08 bits per heavy atom. The quantitative estimate of drug-likeness (QED) is 0.808. The van der Waals surface area contributed by atoms with Gasteiger partial charge in [-0.3, -0.25) is 9.59 Å². The van der Waals surface area contributed by atoms with E-state index in [-0.39, 0.29) is 30.2 Å². The molecule has 122 valence electrons. The molecule has 24 heavy (non-hydrogen) atoms. The van der Waals surface area contributed by atoms with Gasteiger partial charge in [0.1, 0.15) is 12.4 Å². The molecule has 0 aromatic heterocycles. The highest BCUT2D eigenvalue weighted by atomic mass is 19.1. The number of carbonyl (C=O) groups is 2. The molecule has 1 fully saturated rings. The van der Waals surface area contributed by atoms with E-state index >= 15 is 0 Å². The molecule has 2 aromatic rings. The van der Waals surface area contributed by atoms with E-state index in [1.165, 1.54) is 29.8 Å². The Hall–Kier alpha value is -2.69. The SMILES string of the molecule is O=C(c1ccc(F)cc1)N1CC(=O)N2CCc3ccccc3[C@@H]2C1. The highest BCUT2D eigenvalue weighted by molar-refractivity contribution is 5.97. The Balaban J connectivity index is 1.63. The maximum Gasteiger partial charge on any atom is 0.254 e. The normalized spacial score (nSPS) is 19.7. The first kappa shape index (κ1) is 14.9. The van der Waals surface area contributed by atoms with Gasteiger partial charge in [-0.05, 0) is 41.8 Å². The van der Waals surface area contributed by atoms with Crippen LogP contribution in [0.1, 0.15) is 27.5 Å². The molecule has 0 bridgehead atoms. The molecule has 4 rings (SSSR count). The van der Waals surface area contributed by atoms with Crippen LogP contribution in [0.25, 0.3) is 0 Å². The molecule has 0 N–H and O–H groups in total. The topological polar surface area (TPSA) is 40.6 Å². The predicted octanol–water partition coefficient (Wildman–Crippen LogP) is 2.41. The van der Waals surface area contributed by atoms with Gasteiger partial charge in [-0.25, -0.2) is 4.39 Å². The predicted molar refractivity (Wildman–Crippen MR) is 86.9 cm³/mol. The summed E-state index contributed by atoms with van der Waals surface area (Å²) in [6.07, 6.45) is 0.852. The first-order chi connectivity index (χ1) is 11.6. The Bertz CT molecular complexity index is 803. The molecule has 0 spiro atoms. The van der Waals surface area contributed by atoms with Crippen molar-refractivity contribution >= 4 is 11.8 Å². The first-order valence-corrected chi connectivity index (χ1v) is 8.05. The van der Waals surface area contributed by atoms with E-state index < -0.39 is 0 Å². The van der Waals surface area contributed by atoms with Gasteiger partial charge in [0.15, 0.2) is 0 Å². The number of halogens is 1. The molecule has 4 nitrogen and oxygen atoms in total. The fourth-order valence-corrected chi connectivity index (χ4v) is 3.60. The van der Waals surface area contributed by atoms with Crippen molar-refractivity contribution in [1.82, 2.24) is 9.80 Å². The average molecular weight is 324 g/mol. The summed E-state index contributed by atoms with van der Waals surface area (Å²) in [6, 6.07) is 13.4. The summed E-state index contributed by atoms with van der Waals surface area (Å²) < 4.78 is 13.1. The van der Waals surface area contributed by atoms with Crippen LogP contribution in [0.5, 0.6) is 0 Å². The van der Waals surface area contributed by atoms with Gasteiger partial charge < -0.3 is 9.80 Å². The summed E-state index contributed by atoms with van der Waals surface area (Å²) in [5.74, 6) is -0.643. The van der Waals surface area contributed by atoms with Crippen LogP contribution in [-0.2, 0) is 11.2 Å². The van der Waals surface area contributed by atoms with Gasteiger partial charge >= 0.3 is 0 Å². The molecule has 2 aliphatic heterocycles. The van der Waals surface area contributed by atoms with Gasteiger partial charge in [-0.2, -0.15) is 0 Å². The van der Waals surface area contributed by atoms with Crippen molar-refractivity contribution in [3.63, 3.8) is 0 Å². The van der Waals surface area contributed by atoms with Crippen LogP contribution >= 0.6 is 0 Å². The van der Waals surface area contributed by atoms with E-state index in [4.69, 9.17) is 0 Å². The molecule has 2 amide bonds. The van der Waals surface area contributed by atoms with Gasteiger partial charge in [0.05, 0.1) is 6.04 Å². The number of rotatable bonds is 1. The number of piperazine rings is 1. The zero-order chi connectivity index (χ0) is 16.7. The van der Waals surface area contributed by atoms with Crippen molar-refractivity contribution in [2.45, 2.75) is 12.5 Å². The Morgan fingerprint density at radius 3 is 2.62 bits per heavy atom. The summed E-state index contributed by atoms with van der Waals surface area (Å²) in [5, 5.41) is 0. The molecule has 0 unspecified atom stereocenters. The zero-order valence-corrected chi connectivity index (χ0v) is 13.1. The van der Waals surface area contributed by atoms with E-state index in [2.05, 4.69) is 6.07 Å². The Kier molecular flexibility index (Phi) is 3.56. The highest BCUT2D eigenvalue weighted by Gasteiger charge is 2.38. The van der Waals surface area contributed by atoms with Gasteiger partial charge in [-0.15, -0.1) is 0 Å². The molecule has 0 aliphatic carbocycles. The second-order valence-electron chi connectivity index (χ2n) is 6.24. The Labute approximate surface area is 139 Å². The number of hydrogen-bond acceptors (Lipinski definition) is 2. The molecule has 2 heterocycles. The molecule has 1 saturated heterocycles. The van der Waals surface area contributed by atoms with Crippen LogP contribution in [-0.4, -0.2) is 41.2 Å². The number of nitrogens with zero attached hydrogens (tertiary/aromatic N) is 2. The molecule has 1 atom stereocenters.